The summed E-state index contributed by atoms with van der Waals surface area (Å²) < 4.78 is 6.84. The van der Waals surface area contributed by atoms with Crippen molar-refractivity contribution in [3.63, 3.8) is 0 Å². The molecule has 1 aliphatic rings. The monoisotopic (exact) mass is 298 g/mol. The molecule has 0 saturated heterocycles. The second-order valence-electron chi connectivity index (χ2n) is 4.87. The van der Waals surface area contributed by atoms with Gasteiger partial charge >= 0.3 is 0 Å². The summed E-state index contributed by atoms with van der Waals surface area (Å²) in [5.41, 5.74) is 5.43. The zero-order valence-electron chi connectivity index (χ0n) is 10.3. The van der Waals surface area contributed by atoms with E-state index in [9.17, 15) is 0 Å². The van der Waals surface area contributed by atoms with Gasteiger partial charge < -0.3 is 4.74 Å². The topological polar surface area (TPSA) is 47.3 Å². The maximum Gasteiger partial charge on any atom is 0.125 e. The number of rotatable bonds is 4. The number of fused-ring (bicyclic) bond motifs is 1. The molecule has 0 amide bonds. The third-order valence-corrected chi connectivity index (χ3v) is 3.74. The fourth-order valence-electron chi connectivity index (χ4n) is 2.22. The first kappa shape index (κ1) is 12.9. The summed E-state index contributed by atoms with van der Waals surface area (Å²) in [5.74, 6) is 7.16. The Hall–Kier alpha value is -0.580. The van der Waals surface area contributed by atoms with Crippen LogP contribution in [0.15, 0.2) is 16.6 Å². The highest BCUT2D eigenvalue weighted by Crippen LogP contribution is 2.34. The molecule has 1 unspecified atom stereocenters. The third-order valence-electron chi connectivity index (χ3n) is 3.28. The molecular weight excluding hydrogens is 280 g/mol. The summed E-state index contributed by atoms with van der Waals surface area (Å²) in [6, 6.07) is 4.56. The van der Waals surface area contributed by atoms with E-state index in [-0.39, 0.29) is 6.04 Å². The van der Waals surface area contributed by atoms with Gasteiger partial charge in [-0.15, -0.1) is 0 Å². The van der Waals surface area contributed by atoms with Gasteiger partial charge in [0.15, 0.2) is 0 Å². The fraction of sp³-hybridized carbons (Fsp3) is 0.538. The Morgan fingerprint density at radius 2 is 2.24 bits per heavy atom. The van der Waals surface area contributed by atoms with Gasteiger partial charge in [0, 0.05) is 16.9 Å². The molecule has 1 aromatic carbocycles. The molecule has 17 heavy (non-hydrogen) atoms. The van der Waals surface area contributed by atoms with E-state index in [1.807, 2.05) is 0 Å². The van der Waals surface area contributed by atoms with Gasteiger partial charge in [0.25, 0.3) is 0 Å². The van der Waals surface area contributed by atoms with Crippen LogP contribution in [0.3, 0.4) is 0 Å². The average molecular weight is 299 g/mol. The Bertz CT molecular complexity index is 407. The molecule has 94 valence electrons. The van der Waals surface area contributed by atoms with E-state index in [4.69, 9.17) is 10.6 Å². The second-order valence-corrected chi connectivity index (χ2v) is 5.79. The molecule has 0 aliphatic carbocycles. The molecule has 3 N–H and O–H groups in total. The van der Waals surface area contributed by atoms with Crippen LogP contribution < -0.4 is 16.0 Å². The summed E-state index contributed by atoms with van der Waals surface area (Å²) in [6.45, 7) is 5.13. The smallest absolute Gasteiger partial charge is 0.125 e. The number of hydrogen-bond donors (Lipinski definition) is 2. The Kier molecular flexibility index (Phi) is 4.07. The maximum atomic E-state index is 5.72. The van der Waals surface area contributed by atoms with Crippen LogP contribution >= 0.6 is 15.9 Å². The highest BCUT2D eigenvalue weighted by Gasteiger charge is 2.21. The van der Waals surface area contributed by atoms with Crippen LogP contribution in [0.2, 0.25) is 0 Å². The van der Waals surface area contributed by atoms with Crippen LogP contribution in [-0.2, 0) is 12.8 Å². The molecule has 0 fully saturated rings. The van der Waals surface area contributed by atoms with Gasteiger partial charge in [-0.05, 0) is 35.6 Å². The number of hydrogen-bond acceptors (Lipinski definition) is 3. The number of halogens is 1. The highest BCUT2D eigenvalue weighted by atomic mass is 79.9. The van der Waals surface area contributed by atoms with Gasteiger partial charge in [0.05, 0.1) is 6.61 Å². The molecular formula is C13H19BrN2O. The molecule has 1 aliphatic heterocycles. The number of benzene rings is 1. The predicted molar refractivity (Wildman–Crippen MR) is 73.0 cm³/mol. The molecule has 0 radical (unpaired) electrons. The molecule has 1 aromatic rings. The van der Waals surface area contributed by atoms with Crippen molar-refractivity contribution < 1.29 is 4.74 Å². The van der Waals surface area contributed by atoms with E-state index in [1.165, 1.54) is 11.1 Å². The Balaban J connectivity index is 2.26. The SMILES string of the molecule is CC(C)C(Cc1cc(Br)cc2c1OCC2)NN. The van der Waals surface area contributed by atoms with Crippen LogP contribution in [0.5, 0.6) is 5.75 Å². The van der Waals surface area contributed by atoms with Gasteiger partial charge in [-0.25, -0.2) is 0 Å². The van der Waals surface area contributed by atoms with Crippen molar-refractivity contribution in [2.75, 3.05) is 6.61 Å². The summed E-state index contributed by atoms with van der Waals surface area (Å²) in [5, 5.41) is 0. The van der Waals surface area contributed by atoms with Gasteiger partial charge in [-0.1, -0.05) is 29.8 Å². The van der Waals surface area contributed by atoms with E-state index < -0.39 is 0 Å². The minimum atomic E-state index is 0.276. The zero-order valence-corrected chi connectivity index (χ0v) is 11.9. The standard InChI is InChI=1S/C13H19BrN2O/c1-8(2)12(16-15)7-10-6-11(14)5-9-3-4-17-13(9)10/h5-6,8,12,16H,3-4,7,15H2,1-2H3. The van der Waals surface area contributed by atoms with Crippen molar-refractivity contribution >= 4 is 15.9 Å². The summed E-state index contributed by atoms with van der Waals surface area (Å²) >= 11 is 3.56. The van der Waals surface area contributed by atoms with E-state index in [0.717, 1.165) is 29.7 Å². The first-order chi connectivity index (χ1) is 8.11. The maximum absolute atomic E-state index is 5.72. The number of nitrogens with one attached hydrogen (secondary N) is 1. The third kappa shape index (κ3) is 2.81. The van der Waals surface area contributed by atoms with Crippen LogP contribution in [-0.4, -0.2) is 12.6 Å². The van der Waals surface area contributed by atoms with Crippen LogP contribution in [0.25, 0.3) is 0 Å². The van der Waals surface area contributed by atoms with Crippen molar-refractivity contribution in [2.45, 2.75) is 32.7 Å². The van der Waals surface area contributed by atoms with Crippen LogP contribution in [0.4, 0.5) is 0 Å². The molecule has 1 atom stereocenters. The zero-order chi connectivity index (χ0) is 12.4. The highest BCUT2D eigenvalue weighted by molar-refractivity contribution is 9.10. The molecule has 4 heteroatoms. The predicted octanol–water partition coefficient (Wildman–Crippen LogP) is 2.41. The Labute approximate surface area is 111 Å². The lowest BCUT2D eigenvalue weighted by atomic mass is 9.95. The summed E-state index contributed by atoms with van der Waals surface area (Å²) in [4.78, 5) is 0. The van der Waals surface area contributed by atoms with E-state index in [0.29, 0.717) is 5.92 Å². The normalized spacial score (nSPS) is 15.8. The average Bonchev–Trinajstić information content (AvgIpc) is 2.72. The number of nitrogens with two attached hydrogens (primary N) is 1. The fourth-order valence-corrected chi connectivity index (χ4v) is 2.77. The number of hydrazine groups is 1. The summed E-state index contributed by atoms with van der Waals surface area (Å²) in [7, 11) is 0. The molecule has 0 aromatic heterocycles. The Morgan fingerprint density at radius 1 is 1.47 bits per heavy atom. The number of ether oxygens (including phenoxy) is 1. The van der Waals surface area contributed by atoms with E-state index >= 15 is 0 Å². The van der Waals surface area contributed by atoms with Crippen molar-refractivity contribution in [3.05, 3.63) is 27.7 Å². The summed E-state index contributed by atoms with van der Waals surface area (Å²) in [6.07, 6.45) is 1.90. The lowest BCUT2D eigenvalue weighted by Gasteiger charge is -2.21. The largest absolute Gasteiger partial charge is 0.493 e. The van der Waals surface area contributed by atoms with Crippen LogP contribution in [0, 0.1) is 5.92 Å². The Morgan fingerprint density at radius 3 is 2.88 bits per heavy atom. The second kappa shape index (κ2) is 5.38. The van der Waals surface area contributed by atoms with Crippen LogP contribution in [0.1, 0.15) is 25.0 Å². The first-order valence-electron chi connectivity index (χ1n) is 6.02. The molecule has 3 nitrogen and oxygen atoms in total. The molecule has 0 spiro atoms. The van der Waals surface area contributed by atoms with Gasteiger partial charge in [0.2, 0.25) is 0 Å². The van der Waals surface area contributed by atoms with Crippen molar-refractivity contribution in [2.24, 2.45) is 11.8 Å². The minimum absolute atomic E-state index is 0.276. The first-order valence-corrected chi connectivity index (χ1v) is 6.81. The quantitative estimate of drug-likeness (QED) is 0.663. The molecule has 1 heterocycles. The minimum Gasteiger partial charge on any atom is -0.493 e. The molecule has 0 bridgehead atoms. The lowest BCUT2D eigenvalue weighted by molar-refractivity contribution is 0.346. The van der Waals surface area contributed by atoms with Crippen molar-refractivity contribution in [1.29, 1.82) is 0 Å². The van der Waals surface area contributed by atoms with Crippen molar-refractivity contribution in [1.82, 2.24) is 5.43 Å². The van der Waals surface area contributed by atoms with Gasteiger partial charge in [-0.2, -0.15) is 0 Å². The van der Waals surface area contributed by atoms with E-state index in [1.54, 1.807) is 0 Å². The van der Waals surface area contributed by atoms with Crippen molar-refractivity contribution in [3.8, 4) is 5.75 Å². The molecule has 0 saturated carbocycles. The lowest BCUT2D eigenvalue weighted by Crippen LogP contribution is -2.40. The molecule has 2 rings (SSSR count). The van der Waals surface area contributed by atoms with Gasteiger partial charge in [-0.3, -0.25) is 11.3 Å². The van der Waals surface area contributed by atoms with Gasteiger partial charge in [0.1, 0.15) is 5.75 Å². The van der Waals surface area contributed by atoms with E-state index in [2.05, 4.69) is 47.3 Å².